The molecule has 15 heteroatoms. The second kappa shape index (κ2) is 230. The van der Waals surface area contributed by atoms with Gasteiger partial charge < -0.3 is 49.3 Å². The van der Waals surface area contributed by atoms with Crippen molar-refractivity contribution in [2.75, 3.05) is 0 Å². The Morgan fingerprint density at radius 3 is 0.267 bits per heavy atom. The maximum Gasteiger partial charge on any atom is 3.00 e. The van der Waals surface area contributed by atoms with Crippen LogP contribution in [0.15, 0.2) is 0 Å². The minimum absolute atomic E-state index is 0. The van der Waals surface area contributed by atoms with Gasteiger partial charge in [-0.1, -0.05) is 0 Å². The Hall–Kier alpha value is 5.30. The summed E-state index contributed by atoms with van der Waals surface area (Å²) in [7, 11) is 0. The van der Waals surface area contributed by atoms with Crippen LogP contribution in [0.25, 0.3) is 0 Å². The fourth-order valence-corrected chi connectivity index (χ4v) is 0. The minimum atomic E-state index is 0. The van der Waals surface area contributed by atoms with Crippen molar-refractivity contribution in [3.05, 3.63) is 0 Å². The van der Waals surface area contributed by atoms with Crippen molar-refractivity contribution in [1.82, 2.24) is 0 Å². The molecule has 0 bridgehead atoms. The van der Waals surface area contributed by atoms with Crippen molar-refractivity contribution < 1.29 is 181 Å². The third-order valence-electron chi connectivity index (χ3n) is 0. The van der Waals surface area contributed by atoms with E-state index in [1.54, 1.807) is 0 Å². The zero-order chi connectivity index (χ0) is 0. The van der Waals surface area contributed by atoms with Crippen molar-refractivity contribution in [1.29, 1.82) is 0 Å². The molecule has 2 radical (unpaired) electrons. The average Bonchev–Trinajstić information content (AvgIpc) is 0. The van der Waals surface area contributed by atoms with E-state index in [0.717, 1.165) is 0 Å². The first-order valence-corrected chi connectivity index (χ1v) is 0. The van der Waals surface area contributed by atoms with Gasteiger partial charge in [-0.05, 0) is 0 Å². The van der Waals surface area contributed by atoms with E-state index in [-0.39, 0.29) is 220 Å². The Morgan fingerprint density at radius 1 is 0.267 bits per heavy atom. The molecule has 0 heterocycles. The van der Waals surface area contributed by atoms with Gasteiger partial charge in [0.15, 0.2) is 0 Å². The van der Waals surface area contributed by atoms with Crippen molar-refractivity contribution in [3.8, 4) is 0 Å². The average molecular weight is 688 g/mol. The molecule has 15 heavy (non-hydrogen) atoms. The summed E-state index contributed by atoms with van der Waals surface area (Å²) >= 11 is 0. The van der Waals surface area contributed by atoms with Crippen molar-refractivity contribution in [3.63, 3.8) is 0 Å². The topological polar surface area (TPSA) is 256 Å². The maximum absolute atomic E-state index is 0. The standard InChI is InChI=1S/2Ga.2Gd.9O.2Sc/q4*+3;9*-2;2*+3. The molecular weight excluding hydrogens is 688 g/mol. The quantitative estimate of drug-likeness (QED) is 0.255. The number of hydrogen-bond donors (Lipinski definition) is 0. The Balaban J connectivity index is 0. The third kappa shape index (κ3) is 206. The van der Waals surface area contributed by atoms with Gasteiger partial charge in [0.25, 0.3) is 0 Å². The van der Waals surface area contributed by atoms with Gasteiger partial charge in [-0.3, -0.25) is 0 Å². The van der Waals surface area contributed by atoms with Crippen LogP contribution in [0, 0.1) is 79.9 Å². The predicted octanol–water partition coefficient (Wildman–Crippen LogP) is -1.84. The fourth-order valence-electron chi connectivity index (χ4n) is 0. The van der Waals surface area contributed by atoms with Gasteiger partial charge in [-0.15, -0.1) is 0 Å². The van der Waals surface area contributed by atoms with Crippen LogP contribution in [0.3, 0.4) is 0 Å². The van der Waals surface area contributed by atoms with E-state index in [2.05, 4.69) is 0 Å². The first-order chi connectivity index (χ1) is 0. The smallest absolute Gasteiger partial charge is 2.00 e. The Morgan fingerprint density at radius 2 is 0.267 bits per heavy atom. The van der Waals surface area contributed by atoms with Crippen LogP contribution in [0.5, 0.6) is 0 Å². The molecule has 0 aromatic rings. The summed E-state index contributed by atoms with van der Waals surface area (Å²) in [5, 5.41) is 0. The zero-order valence-electron chi connectivity index (χ0n) is 6.69. The van der Waals surface area contributed by atoms with E-state index in [4.69, 9.17) is 0 Å². The molecule has 0 spiro atoms. The first-order valence-electron chi connectivity index (χ1n) is 0. The van der Waals surface area contributed by atoms with Gasteiger partial charge in [0.1, 0.15) is 0 Å². The van der Waals surface area contributed by atoms with Crippen LogP contribution in [0.1, 0.15) is 0 Å². The fraction of sp³-hybridized carbons (Fsp3) is 0. The first kappa shape index (κ1) is 269. The molecule has 0 aromatic heterocycles. The van der Waals surface area contributed by atoms with Crippen LogP contribution < -0.4 is 0 Å². The molecule has 82 valence electrons. The van der Waals surface area contributed by atoms with Gasteiger partial charge in [-0.2, -0.15) is 0 Å². The Kier molecular flexibility index (Phi) is 4130. The molecule has 0 amide bonds. The molecule has 0 aromatic carbocycles. The SMILES string of the molecule is [Ga+3].[Ga+3].[Gd+3].[Gd+3].[O-2].[O-2].[O-2].[O-2].[O-2].[O-2].[O-2].[O-2].[O-2].[Sc+3].[Sc+3]. The summed E-state index contributed by atoms with van der Waals surface area (Å²) < 4.78 is 0. The molecule has 0 aliphatic heterocycles. The van der Waals surface area contributed by atoms with E-state index >= 15 is 0 Å². The van der Waals surface area contributed by atoms with E-state index < -0.39 is 0 Å². The van der Waals surface area contributed by atoms with E-state index in [1.807, 2.05) is 0 Å². The molecule has 0 rings (SSSR count). The van der Waals surface area contributed by atoms with E-state index in [9.17, 15) is 0 Å². The predicted molar refractivity (Wildman–Crippen MR) is 17.7 cm³/mol. The van der Waals surface area contributed by atoms with Gasteiger partial charge >= 0.3 is 171 Å². The zero-order valence-corrected chi connectivity index (χ0v) is 19.7. The summed E-state index contributed by atoms with van der Waals surface area (Å²) in [6.07, 6.45) is 0. The third-order valence-corrected chi connectivity index (χ3v) is 0. The second-order valence-corrected chi connectivity index (χ2v) is 0. The Bertz CT molecular complexity index is 24.1. The molecule has 9 nitrogen and oxygen atoms in total. The van der Waals surface area contributed by atoms with Gasteiger partial charge in [0.2, 0.25) is 0 Å². The molecule has 0 fully saturated rings. The molecule has 0 aliphatic rings. The molecule has 0 aliphatic carbocycles. The summed E-state index contributed by atoms with van der Waals surface area (Å²) in [5.74, 6) is 0. The van der Waals surface area contributed by atoms with Crippen LogP contribution >= 0.6 is 0 Å². The number of rotatable bonds is 0. The second-order valence-electron chi connectivity index (χ2n) is 0. The van der Waals surface area contributed by atoms with Gasteiger partial charge in [-0.25, -0.2) is 0 Å². The molecular formula is Ga2Gd2O9Sc2. The van der Waals surface area contributed by atoms with E-state index in [0.29, 0.717) is 0 Å². The van der Waals surface area contributed by atoms with Crippen LogP contribution in [-0.2, 0) is 101 Å². The van der Waals surface area contributed by atoms with Crippen LogP contribution in [-0.4, -0.2) is 39.6 Å². The van der Waals surface area contributed by atoms with Crippen molar-refractivity contribution in [2.24, 2.45) is 0 Å². The molecule has 0 saturated heterocycles. The van der Waals surface area contributed by atoms with Gasteiger partial charge in [0, 0.05) is 0 Å². The van der Waals surface area contributed by atoms with Crippen LogP contribution in [0.2, 0.25) is 0 Å². The Labute approximate surface area is 215 Å². The largest absolute Gasteiger partial charge is 3.00 e. The summed E-state index contributed by atoms with van der Waals surface area (Å²) in [6.45, 7) is 0. The summed E-state index contributed by atoms with van der Waals surface area (Å²) in [6, 6.07) is 0. The van der Waals surface area contributed by atoms with Crippen molar-refractivity contribution >= 4 is 39.6 Å². The monoisotopic (exact) mass is 688 g/mol. The molecule has 0 saturated carbocycles. The molecule has 0 unspecified atom stereocenters. The minimum Gasteiger partial charge on any atom is -2.00 e. The number of hydrogen-bond acceptors (Lipinski definition) is 0. The molecule has 0 N–H and O–H groups in total. The summed E-state index contributed by atoms with van der Waals surface area (Å²) in [5.41, 5.74) is 0. The maximum atomic E-state index is 0. The van der Waals surface area contributed by atoms with Crippen LogP contribution in [0.4, 0.5) is 0 Å². The molecule has 0 atom stereocenters. The van der Waals surface area contributed by atoms with E-state index in [1.165, 1.54) is 0 Å². The van der Waals surface area contributed by atoms with Gasteiger partial charge in [0.05, 0.1) is 0 Å². The van der Waals surface area contributed by atoms with Crippen molar-refractivity contribution in [2.45, 2.75) is 0 Å². The normalized spacial score (nSPS) is 0. The summed E-state index contributed by atoms with van der Waals surface area (Å²) in [4.78, 5) is 0.